The van der Waals surface area contributed by atoms with Gasteiger partial charge in [-0.05, 0) is 18.6 Å². The zero-order valence-electron chi connectivity index (χ0n) is 13.6. The van der Waals surface area contributed by atoms with E-state index >= 15 is 0 Å². The zero-order valence-corrected chi connectivity index (χ0v) is 14.4. The van der Waals surface area contributed by atoms with E-state index in [9.17, 15) is 22.8 Å². The summed E-state index contributed by atoms with van der Waals surface area (Å²) in [5.41, 5.74) is -0.218. The van der Waals surface area contributed by atoms with Gasteiger partial charge in [-0.3, -0.25) is 14.4 Å². The fraction of sp³-hybridized carbons (Fsp3) is 0.471. The molecule has 2 fully saturated rings. The predicted molar refractivity (Wildman–Crippen MR) is 89.7 cm³/mol. The van der Waals surface area contributed by atoms with Crippen molar-refractivity contribution in [3.05, 3.63) is 29.8 Å². The van der Waals surface area contributed by atoms with Crippen LogP contribution in [-0.2, 0) is 19.4 Å². The van der Waals surface area contributed by atoms with E-state index in [1.807, 2.05) is 0 Å². The van der Waals surface area contributed by atoms with E-state index in [0.717, 1.165) is 0 Å². The van der Waals surface area contributed by atoms with Crippen LogP contribution in [0.4, 0.5) is 5.69 Å². The van der Waals surface area contributed by atoms with Crippen LogP contribution in [0.2, 0.25) is 0 Å². The van der Waals surface area contributed by atoms with E-state index in [1.54, 1.807) is 31.2 Å². The average Bonchev–Trinajstić information content (AvgIpc) is 3.08. The van der Waals surface area contributed by atoms with Gasteiger partial charge in [-0.2, -0.15) is 0 Å². The van der Waals surface area contributed by atoms with Gasteiger partial charge in [0.05, 0.1) is 34.4 Å². The summed E-state index contributed by atoms with van der Waals surface area (Å²) in [6.07, 6.45) is 0.366. The number of rotatable bonds is 2. The first-order valence-corrected chi connectivity index (χ1v) is 10.0. The molecular weight excluding hydrogens is 344 g/mol. The highest BCUT2D eigenvalue weighted by molar-refractivity contribution is 7.91. The monoisotopic (exact) mass is 362 g/mol. The van der Waals surface area contributed by atoms with Gasteiger partial charge in [-0.15, -0.1) is 0 Å². The number of ketones is 1. The lowest BCUT2D eigenvalue weighted by atomic mass is 9.92. The van der Waals surface area contributed by atoms with Crippen molar-refractivity contribution < 1.29 is 22.8 Å². The van der Waals surface area contributed by atoms with Crippen LogP contribution in [0.15, 0.2) is 24.3 Å². The number of sulfone groups is 1. The van der Waals surface area contributed by atoms with Crippen molar-refractivity contribution in [1.29, 1.82) is 0 Å². The van der Waals surface area contributed by atoms with Gasteiger partial charge in [0.25, 0.3) is 0 Å². The van der Waals surface area contributed by atoms with Crippen molar-refractivity contribution in [2.75, 3.05) is 16.8 Å². The third-order valence-corrected chi connectivity index (χ3v) is 7.35. The minimum atomic E-state index is -3.12. The molecule has 1 saturated carbocycles. The Morgan fingerprint density at radius 3 is 2.68 bits per heavy atom. The Morgan fingerprint density at radius 2 is 2.00 bits per heavy atom. The number of hydrogen-bond acceptors (Lipinski definition) is 5. The molecule has 0 unspecified atom stereocenters. The maximum atomic E-state index is 12.9. The number of amides is 2. The molecule has 0 aromatic heterocycles. The number of benzene rings is 1. The van der Waals surface area contributed by atoms with Gasteiger partial charge in [-0.25, -0.2) is 8.42 Å². The van der Waals surface area contributed by atoms with Crippen LogP contribution < -0.4 is 10.6 Å². The summed E-state index contributed by atoms with van der Waals surface area (Å²) in [6.45, 7) is 1.64. The van der Waals surface area contributed by atoms with Crippen molar-refractivity contribution in [3.8, 4) is 0 Å². The second kappa shape index (κ2) is 5.14. The van der Waals surface area contributed by atoms with E-state index in [-0.39, 0.29) is 23.2 Å². The van der Waals surface area contributed by atoms with E-state index in [2.05, 4.69) is 10.6 Å². The Kier molecular flexibility index (Phi) is 3.34. The number of para-hydroxylation sites is 1. The first-order chi connectivity index (χ1) is 11.7. The Hall–Kier alpha value is -2.22. The molecule has 4 rings (SSSR count). The number of carbonyl (C=O) groups excluding carboxylic acids is 3. The maximum absolute atomic E-state index is 12.9. The molecule has 2 heterocycles. The van der Waals surface area contributed by atoms with Gasteiger partial charge in [-0.1, -0.05) is 19.1 Å². The van der Waals surface area contributed by atoms with E-state index < -0.39 is 39.0 Å². The number of Topliss-reactive ketones (excluding diaryl/α,β-unsaturated/α-hetero) is 1. The van der Waals surface area contributed by atoms with Crippen LogP contribution in [0.3, 0.4) is 0 Å². The molecule has 1 saturated heterocycles. The Morgan fingerprint density at radius 1 is 1.28 bits per heavy atom. The highest BCUT2D eigenvalue weighted by Crippen LogP contribution is 2.62. The number of nitrogens with one attached hydrogen (secondary N) is 2. The van der Waals surface area contributed by atoms with Gasteiger partial charge in [0, 0.05) is 11.6 Å². The van der Waals surface area contributed by atoms with Gasteiger partial charge in [0.15, 0.2) is 15.6 Å². The first-order valence-electron chi connectivity index (χ1n) is 8.19. The van der Waals surface area contributed by atoms with Crippen molar-refractivity contribution in [2.24, 2.45) is 17.3 Å². The predicted octanol–water partition coefficient (Wildman–Crippen LogP) is 0.377. The van der Waals surface area contributed by atoms with Crippen molar-refractivity contribution in [3.63, 3.8) is 0 Å². The lowest BCUT2D eigenvalue weighted by molar-refractivity contribution is -0.125. The van der Waals surface area contributed by atoms with Crippen molar-refractivity contribution in [1.82, 2.24) is 5.32 Å². The molecule has 0 radical (unpaired) electrons. The van der Waals surface area contributed by atoms with Gasteiger partial charge in [0.1, 0.15) is 0 Å². The van der Waals surface area contributed by atoms with E-state index in [1.165, 1.54) is 0 Å². The molecule has 8 heteroatoms. The molecule has 2 amide bonds. The van der Waals surface area contributed by atoms with Crippen LogP contribution in [0, 0.1) is 17.3 Å². The topological polar surface area (TPSA) is 109 Å². The van der Waals surface area contributed by atoms with Crippen LogP contribution in [-0.4, -0.2) is 43.6 Å². The molecule has 132 valence electrons. The van der Waals surface area contributed by atoms with E-state index in [0.29, 0.717) is 17.7 Å². The molecule has 2 aliphatic heterocycles. The van der Waals surface area contributed by atoms with Crippen LogP contribution in [0.5, 0.6) is 0 Å². The van der Waals surface area contributed by atoms with Crippen molar-refractivity contribution >= 4 is 33.1 Å². The maximum Gasteiger partial charge on any atom is 0.229 e. The van der Waals surface area contributed by atoms with E-state index in [4.69, 9.17) is 0 Å². The minimum absolute atomic E-state index is 0.0517. The first kappa shape index (κ1) is 16.3. The smallest absolute Gasteiger partial charge is 0.229 e. The van der Waals surface area contributed by atoms with Gasteiger partial charge >= 0.3 is 0 Å². The average molecular weight is 362 g/mol. The molecule has 3 aliphatic rings. The molecule has 0 bridgehead atoms. The number of hydrogen-bond donors (Lipinski definition) is 2. The Labute approximate surface area is 145 Å². The summed E-state index contributed by atoms with van der Waals surface area (Å²) in [5, 5.41) is 5.44. The lowest BCUT2D eigenvalue weighted by Gasteiger charge is -2.14. The van der Waals surface area contributed by atoms with Crippen LogP contribution in [0.25, 0.3) is 0 Å². The summed E-state index contributed by atoms with van der Waals surface area (Å²) in [7, 11) is -3.12. The Balaban J connectivity index is 1.59. The zero-order chi connectivity index (χ0) is 18.0. The molecule has 1 aliphatic carbocycles. The number of carbonyl (C=O) groups is 3. The van der Waals surface area contributed by atoms with Gasteiger partial charge in [0.2, 0.25) is 11.8 Å². The summed E-state index contributed by atoms with van der Waals surface area (Å²) >= 11 is 0. The SMILES string of the molecule is C[C@]12C(=O)c3ccccc3NC(=O)[C@@H]1[C@H]2C(=O)N[C@H]1CCS(=O)(=O)C1. The standard InChI is InChI=1S/C17H18N2O5S/c1-17-12(15(21)18-9-6-7-25(23,24)8-9)13(17)16(22)19-11-5-3-2-4-10(11)14(17)20/h2-5,9,12-13H,6-8H2,1H3,(H,18,21)(H,19,22)/t9-,12-,13-,17+/m0/s1. The number of fused-ring (bicyclic) bond motifs is 2. The molecule has 2 N–H and O–H groups in total. The van der Waals surface area contributed by atoms with Crippen LogP contribution in [0.1, 0.15) is 23.7 Å². The third kappa shape index (κ3) is 2.38. The second-order valence-corrected chi connectivity index (χ2v) is 9.44. The largest absolute Gasteiger partial charge is 0.352 e. The third-order valence-electron chi connectivity index (χ3n) is 5.58. The normalized spacial score (nSPS) is 35.2. The highest BCUT2D eigenvalue weighted by Gasteiger charge is 2.73. The van der Waals surface area contributed by atoms with Gasteiger partial charge < -0.3 is 10.6 Å². The van der Waals surface area contributed by atoms with Crippen molar-refractivity contribution in [2.45, 2.75) is 19.4 Å². The molecule has 1 aromatic rings. The molecule has 4 atom stereocenters. The van der Waals surface area contributed by atoms with Crippen LogP contribution >= 0.6 is 0 Å². The second-order valence-electron chi connectivity index (χ2n) is 7.21. The molecule has 0 spiro atoms. The minimum Gasteiger partial charge on any atom is -0.352 e. The molecule has 7 nitrogen and oxygen atoms in total. The summed E-state index contributed by atoms with van der Waals surface area (Å²) in [6, 6.07) is 6.31. The lowest BCUT2D eigenvalue weighted by Crippen LogP contribution is -2.38. The molecular formula is C17H18N2O5S. The molecule has 1 aromatic carbocycles. The summed E-state index contributed by atoms with van der Waals surface area (Å²) < 4.78 is 23.1. The Bertz CT molecular complexity index is 909. The fourth-order valence-corrected chi connectivity index (χ4v) is 5.81. The summed E-state index contributed by atoms with van der Waals surface area (Å²) in [4.78, 5) is 38.0. The highest BCUT2D eigenvalue weighted by atomic mass is 32.2. The number of anilines is 1. The summed E-state index contributed by atoms with van der Waals surface area (Å²) in [5.74, 6) is -2.53. The quantitative estimate of drug-likeness (QED) is 0.790. The fourth-order valence-electron chi connectivity index (χ4n) is 4.13. The molecule has 25 heavy (non-hydrogen) atoms.